The molecule has 286 valence electrons. The molecule has 2 aromatic carbocycles. The van der Waals surface area contributed by atoms with Gasteiger partial charge >= 0.3 is 0 Å². The quantitative estimate of drug-likeness (QED) is 0.115. The van der Waals surface area contributed by atoms with Crippen LogP contribution in [0.25, 0.3) is 22.3 Å². The van der Waals surface area contributed by atoms with E-state index in [1.54, 1.807) is 24.3 Å². The minimum atomic E-state index is -1.88. The SMILES string of the molecule is COc1ccc(-c2cc(=O)c3c(O)cc(OC4OC(COC5OC(C)C(O)C(O)C5O)C(O)C(O)C4OC4OC(C)C(O)C(O)C4O)cc3o2)cc1. The summed E-state index contributed by atoms with van der Waals surface area (Å²) in [5, 5.41) is 94.8. The Morgan fingerprint density at radius 2 is 1.29 bits per heavy atom. The van der Waals surface area contributed by atoms with Gasteiger partial charge in [0.1, 0.15) is 88.9 Å². The summed E-state index contributed by atoms with van der Waals surface area (Å²) in [6, 6.07) is 10.2. The van der Waals surface area contributed by atoms with Crippen LogP contribution in [0.2, 0.25) is 0 Å². The molecular formula is C34H42O18. The Morgan fingerprint density at radius 3 is 1.92 bits per heavy atom. The predicted molar refractivity (Wildman–Crippen MR) is 173 cm³/mol. The van der Waals surface area contributed by atoms with Crippen molar-refractivity contribution >= 4 is 11.0 Å². The molecule has 4 heterocycles. The highest BCUT2D eigenvalue weighted by Crippen LogP contribution is 2.35. The van der Waals surface area contributed by atoms with Gasteiger partial charge in [-0.3, -0.25) is 4.79 Å². The summed E-state index contributed by atoms with van der Waals surface area (Å²) in [5.41, 5.74) is -0.151. The molecule has 3 aromatic rings. The maximum absolute atomic E-state index is 13.1. The number of aromatic hydroxyl groups is 1. The number of phenolic OH excluding ortho intramolecular Hbond substituents is 1. The van der Waals surface area contributed by atoms with Crippen molar-refractivity contribution in [1.29, 1.82) is 0 Å². The zero-order valence-corrected chi connectivity index (χ0v) is 28.1. The van der Waals surface area contributed by atoms with Gasteiger partial charge in [0, 0.05) is 23.8 Å². The Kier molecular flexibility index (Phi) is 11.4. The standard InChI is InChI=1S/C34H42O18/c1-12-23(37)26(40)29(43)32(47-12)46-11-21-25(39)28(42)31(52-33-30(44)27(41)24(38)13(2)48-33)34(51-21)49-16-8-17(35)22-18(36)10-19(50-20(22)9-16)14-4-6-15(45-3)7-5-14/h4-10,12-13,21,23-35,37-44H,11H2,1-3H3. The third-order valence-corrected chi connectivity index (χ3v) is 9.39. The smallest absolute Gasteiger partial charge is 0.229 e. The van der Waals surface area contributed by atoms with E-state index in [9.17, 15) is 50.8 Å². The molecule has 0 aliphatic carbocycles. The summed E-state index contributed by atoms with van der Waals surface area (Å²) in [5.74, 6) is 0.0134. The summed E-state index contributed by atoms with van der Waals surface area (Å²) in [7, 11) is 1.50. The minimum absolute atomic E-state index is 0.0997. The highest BCUT2D eigenvalue weighted by Gasteiger charge is 2.52. The van der Waals surface area contributed by atoms with Crippen LogP contribution in [-0.2, 0) is 23.7 Å². The third-order valence-electron chi connectivity index (χ3n) is 9.39. The predicted octanol–water partition coefficient (Wildman–Crippen LogP) is -1.94. The first-order chi connectivity index (χ1) is 24.7. The molecule has 0 amide bonds. The third kappa shape index (κ3) is 7.48. The zero-order chi connectivity index (χ0) is 37.6. The van der Waals surface area contributed by atoms with Crippen molar-refractivity contribution in [2.75, 3.05) is 13.7 Å². The molecule has 52 heavy (non-hydrogen) atoms. The number of benzene rings is 2. The number of methoxy groups -OCH3 is 1. The highest BCUT2D eigenvalue weighted by atomic mass is 16.8. The van der Waals surface area contributed by atoms with Crippen LogP contribution in [-0.4, -0.2) is 152 Å². The van der Waals surface area contributed by atoms with Crippen LogP contribution in [0.1, 0.15) is 13.8 Å². The van der Waals surface area contributed by atoms with Gasteiger partial charge < -0.3 is 83.5 Å². The number of aliphatic hydroxyl groups is 8. The van der Waals surface area contributed by atoms with E-state index in [0.29, 0.717) is 11.3 Å². The lowest BCUT2D eigenvalue weighted by atomic mass is 9.97. The van der Waals surface area contributed by atoms with Crippen molar-refractivity contribution in [2.24, 2.45) is 0 Å². The molecule has 9 N–H and O–H groups in total. The van der Waals surface area contributed by atoms with Gasteiger partial charge in [0.05, 0.1) is 25.9 Å². The number of rotatable bonds is 9. The van der Waals surface area contributed by atoms with Crippen molar-refractivity contribution in [3.63, 3.8) is 0 Å². The van der Waals surface area contributed by atoms with E-state index < -0.39 is 110 Å². The van der Waals surface area contributed by atoms with Gasteiger partial charge in [-0.2, -0.15) is 0 Å². The number of hydrogen-bond acceptors (Lipinski definition) is 18. The van der Waals surface area contributed by atoms with Gasteiger partial charge in [-0.05, 0) is 38.1 Å². The van der Waals surface area contributed by atoms with Crippen LogP contribution in [0.15, 0.2) is 51.7 Å². The average Bonchev–Trinajstić information content (AvgIpc) is 3.12. The van der Waals surface area contributed by atoms with Gasteiger partial charge in [-0.15, -0.1) is 0 Å². The fraction of sp³-hybridized carbons (Fsp3) is 0.559. The molecule has 3 aliphatic rings. The first kappa shape index (κ1) is 38.3. The Balaban J connectivity index is 1.30. The largest absolute Gasteiger partial charge is 0.507 e. The lowest BCUT2D eigenvalue weighted by Crippen LogP contribution is -2.65. The number of hydrogen-bond donors (Lipinski definition) is 9. The van der Waals surface area contributed by atoms with Crippen molar-refractivity contribution in [3.05, 3.63) is 52.7 Å². The van der Waals surface area contributed by atoms with Gasteiger partial charge in [0.25, 0.3) is 0 Å². The summed E-state index contributed by atoms with van der Waals surface area (Å²) in [6.45, 7) is 2.28. The second kappa shape index (κ2) is 15.5. The number of fused-ring (bicyclic) bond motifs is 1. The van der Waals surface area contributed by atoms with Crippen LogP contribution < -0.4 is 14.9 Å². The first-order valence-corrected chi connectivity index (χ1v) is 16.5. The van der Waals surface area contributed by atoms with E-state index in [4.69, 9.17) is 37.6 Å². The van der Waals surface area contributed by atoms with Crippen LogP contribution in [0.5, 0.6) is 17.2 Å². The molecule has 15 atom stereocenters. The van der Waals surface area contributed by atoms with Gasteiger partial charge in [0.15, 0.2) is 24.1 Å². The average molecular weight is 739 g/mol. The Labute approximate surface area is 295 Å². The van der Waals surface area contributed by atoms with E-state index in [-0.39, 0.29) is 22.5 Å². The second-order valence-corrected chi connectivity index (χ2v) is 13.0. The molecule has 18 nitrogen and oxygen atoms in total. The van der Waals surface area contributed by atoms with Crippen LogP contribution in [0.4, 0.5) is 0 Å². The van der Waals surface area contributed by atoms with Gasteiger partial charge in [0.2, 0.25) is 6.29 Å². The molecule has 3 saturated heterocycles. The lowest BCUT2D eigenvalue weighted by molar-refractivity contribution is -0.360. The Hall–Kier alpha value is -3.47. The molecule has 3 aliphatic heterocycles. The zero-order valence-electron chi connectivity index (χ0n) is 28.1. The van der Waals surface area contributed by atoms with E-state index in [0.717, 1.165) is 6.07 Å². The molecule has 0 radical (unpaired) electrons. The molecule has 6 rings (SSSR count). The maximum atomic E-state index is 13.1. The highest BCUT2D eigenvalue weighted by molar-refractivity contribution is 5.86. The van der Waals surface area contributed by atoms with E-state index in [2.05, 4.69) is 0 Å². The first-order valence-electron chi connectivity index (χ1n) is 16.5. The van der Waals surface area contributed by atoms with Crippen molar-refractivity contribution < 1.29 is 83.5 Å². The summed E-state index contributed by atoms with van der Waals surface area (Å²) in [6.07, 6.45) is -23.3. The molecule has 1 aromatic heterocycles. The number of aliphatic hydroxyl groups excluding tert-OH is 8. The second-order valence-electron chi connectivity index (χ2n) is 13.0. The van der Waals surface area contributed by atoms with Crippen molar-refractivity contribution in [1.82, 2.24) is 0 Å². The molecular weight excluding hydrogens is 696 g/mol. The monoisotopic (exact) mass is 738 g/mol. The molecule has 0 spiro atoms. The molecule has 0 bridgehead atoms. The number of phenols is 1. The van der Waals surface area contributed by atoms with Crippen LogP contribution >= 0.6 is 0 Å². The molecule has 18 heteroatoms. The Morgan fingerprint density at radius 1 is 0.673 bits per heavy atom. The molecule has 0 saturated carbocycles. The van der Waals surface area contributed by atoms with Gasteiger partial charge in [-0.25, -0.2) is 0 Å². The van der Waals surface area contributed by atoms with Crippen LogP contribution in [0.3, 0.4) is 0 Å². The fourth-order valence-corrected chi connectivity index (χ4v) is 6.25. The molecule has 15 unspecified atom stereocenters. The normalized spacial score (nSPS) is 38.2. The summed E-state index contributed by atoms with van der Waals surface area (Å²) in [4.78, 5) is 13.1. The lowest BCUT2D eigenvalue weighted by Gasteiger charge is -2.46. The van der Waals surface area contributed by atoms with E-state index >= 15 is 0 Å². The maximum Gasteiger partial charge on any atom is 0.229 e. The van der Waals surface area contributed by atoms with E-state index in [1.807, 2.05) is 0 Å². The van der Waals surface area contributed by atoms with E-state index in [1.165, 1.54) is 33.1 Å². The minimum Gasteiger partial charge on any atom is -0.507 e. The van der Waals surface area contributed by atoms with Crippen molar-refractivity contribution in [3.8, 4) is 28.6 Å². The van der Waals surface area contributed by atoms with Crippen molar-refractivity contribution in [2.45, 2.75) is 106 Å². The Bertz CT molecular complexity index is 1730. The van der Waals surface area contributed by atoms with Crippen LogP contribution in [0, 0.1) is 0 Å². The molecule has 3 fully saturated rings. The summed E-state index contributed by atoms with van der Waals surface area (Å²) < 4.78 is 45.5. The number of ether oxygens (including phenoxy) is 7. The topological polar surface area (TPSA) is 277 Å². The fourth-order valence-electron chi connectivity index (χ4n) is 6.25. The summed E-state index contributed by atoms with van der Waals surface area (Å²) >= 11 is 0. The van der Waals surface area contributed by atoms with Gasteiger partial charge in [-0.1, -0.05) is 0 Å².